The van der Waals surface area contributed by atoms with Crippen LogP contribution in [0.2, 0.25) is 0 Å². The van der Waals surface area contributed by atoms with Crippen LogP contribution in [0.1, 0.15) is 13.3 Å². The highest BCUT2D eigenvalue weighted by atomic mass is 16.6. The zero-order valence-electron chi connectivity index (χ0n) is 9.66. The SMILES string of the molecule is C[C@]1(n2cc(O)c(=O)[nH]c2=O)C[C@H](O)[C@@H](CO)O1. The van der Waals surface area contributed by atoms with Crippen molar-refractivity contribution in [1.29, 1.82) is 0 Å². The number of ether oxygens (including phenoxy) is 1. The van der Waals surface area contributed by atoms with Gasteiger partial charge in [-0.05, 0) is 6.92 Å². The smallest absolute Gasteiger partial charge is 0.330 e. The third-order valence-electron chi connectivity index (χ3n) is 3.04. The minimum absolute atomic E-state index is 0.0591. The summed E-state index contributed by atoms with van der Waals surface area (Å²) < 4.78 is 6.39. The summed E-state index contributed by atoms with van der Waals surface area (Å²) in [4.78, 5) is 24.6. The first-order valence-electron chi connectivity index (χ1n) is 5.39. The summed E-state index contributed by atoms with van der Waals surface area (Å²) >= 11 is 0. The van der Waals surface area contributed by atoms with Crippen LogP contribution < -0.4 is 11.2 Å². The Morgan fingerprint density at radius 3 is 2.83 bits per heavy atom. The van der Waals surface area contributed by atoms with E-state index in [0.29, 0.717) is 0 Å². The number of nitrogens with zero attached hydrogens (tertiary/aromatic N) is 1. The maximum Gasteiger partial charge on any atom is 0.330 e. The zero-order chi connectivity index (χ0) is 13.5. The molecule has 100 valence electrons. The molecule has 1 aromatic heterocycles. The van der Waals surface area contributed by atoms with Crippen LogP contribution in [0.3, 0.4) is 0 Å². The molecule has 18 heavy (non-hydrogen) atoms. The van der Waals surface area contributed by atoms with E-state index in [0.717, 1.165) is 10.8 Å². The number of hydrogen-bond donors (Lipinski definition) is 4. The minimum Gasteiger partial charge on any atom is -0.502 e. The maximum atomic E-state index is 11.7. The van der Waals surface area contributed by atoms with E-state index in [1.54, 1.807) is 0 Å². The van der Waals surface area contributed by atoms with Gasteiger partial charge >= 0.3 is 5.69 Å². The van der Waals surface area contributed by atoms with Gasteiger partial charge in [-0.15, -0.1) is 0 Å². The van der Waals surface area contributed by atoms with Crippen molar-refractivity contribution in [3.8, 4) is 5.75 Å². The Balaban J connectivity index is 2.47. The van der Waals surface area contributed by atoms with Gasteiger partial charge in [0.15, 0.2) is 5.75 Å². The molecule has 0 radical (unpaired) electrons. The molecule has 2 rings (SSSR count). The van der Waals surface area contributed by atoms with Crippen LogP contribution >= 0.6 is 0 Å². The predicted molar refractivity (Wildman–Crippen MR) is 59.2 cm³/mol. The third-order valence-corrected chi connectivity index (χ3v) is 3.04. The number of aromatic amines is 1. The lowest BCUT2D eigenvalue weighted by Gasteiger charge is -2.26. The van der Waals surface area contributed by atoms with Crippen molar-refractivity contribution in [2.24, 2.45) is 0 Å². The van der Waals surface area contributed by atoms with E-state index in [9.17, 15) is 19.8 Å². The number of aromatic hydroxyl groups is 1. The number of aliphatic hydroxyl groups excluding tert-OH is 2. The molecule has 1 aliphatic rings. The van der Waals surface area contributed by atoms with E-state index >= 15 is 0 Å². The van der Waals surface area contributed by atoms with Crippen LogP contribution in [0, 0.1) is 0 Å². The van der Waals surface area contributed by atoms with E-state index in [4.69, 9.17) is 9.84 Å². The fourth-order valence-corrected chi connectivity index (χ4v) is 2.10. The van der Waals surface area contributed by atoms with E-state index in [1.165, 1.54) is 6.92 Å². The van der Waals surface area contributed by atoms with Crippen molar-refractivity contribution < 1.29 is 20.1 Å². The monoisotopic (exact) mass is 258 g/mol. The van der Waals surface area contributed by atoms with E-state index in [2.05, 4.69) is 0 Å². The maximum absolute atomic E-state index is 11.7. The Hall–Kier alpha value is -1.64. The third kappa shape index (κ3) is 1.94. The van der Waals surface area contributed by atoms with Gasteiger partial charge in [0.2, 0.25) is 0 Å². The lowest BCUT2D eigenvalue weighted by Crippen LogP contribution is -2.42. The number of aliphatic hydroxyl groups is 2. The first kappa shape index (κ1) is 12.8. The molecule has 0 aromatic carbocycles. The largest absolute Gasteiger partial charge is 0.502 e. The Morgan fingerprint density at radius 2 is 2.28 bits per heavy atom. The van der Waals surface area contributed by atoms with Gasteiger partial charge in [-0.25, -0.2) is 4.79 Å². The van der Waals surface area contributed by atoms with Gasteiger partial charge < -0.3 is 20.1 Å². The molecule has 0 aliphatic carbocycles. The lowest BCUT2D eigenvalue weighted by molar-refractivity contribution is -0.108. The van der Waals surface area contributed by atoms with E-state index in [1.807, 2.05) is 4.98 Å². The average molecular weight is 258 g/mol. The molecular weight excluding hydrogens is 244 g/mol. The topological polar surface area (TPSA) is 125 Å². The molecule has 1 aromatic rings. The van der Waals surface area contributed by atoms with Gasteiger partial charge in [0.1, 0.15) is 11.8 Å². The molecule has 1 fully saturated rings. The summed E-state index contributed by atoms with van der Waals surface area (Å²) in [6.07, 6.45) is -0.728. The van der Waals surface area contributed by atoms with Gasteiger partial charge in [0.05, 0.1) is 18.9 Å². The molecular formula is C10H14N2O6. The van der Waals surface area contributed by atoms with Crippen LogP contribution in [-0.2, 0) is 10.5 Å². The second-order valence-electron chi connectivity index (χ2n) is 4.43. The normalized spacial score (nSPS) is 31.7. The van der Waals surface area contributed by atoms with Crippen molar-refractivity contribution in [2.75, 3.05) is 6.61 Å². The molecule has 1 aliphatic heterocycles. The van der Waals surface area contributed by atoms with Crippen LogP contribution in [-0.4, -0.2) is 43.7 Å². The summed E-state index contributed by atoms with van der Waals surface area (Å²) in [5, 5.41) is 28.0. The molecule has 8 heteroatoms. The summed E-state index contributed by atoms with van der Waals surface area (Å²) in [7, 11) is 0. The van der Waals surface area contributed by atoms with Crippen molar-refractivity contribution in [3.63, 3.8) is 0 Å². The van der Waals surface area contributed by atoms with Gasteiger partial charge in [-0.3, -0.25) is 14.3 Å². The number of nitrogens with one attached hydrogen (secondary N) is 1. The standard InChI is InChI=1S/C10H14N2O6/c1-10(2-5(14)7(4-13)18-10)12-3-6(15)8(16)11-9(12)17/h3,5,7,13-15H,2,4H2,1H3,(H,11,16,17)/t5-,7+,10+/m0/s1. The highest BCUT2D eigenvalue weighted by molar-refractivity contribution is 5.10. The van der Waals surface area contributed by atoms with Crippen molar-refractivity contribution in [2.45, 2.75) is 31.3 Å². The fraction of sp³-hybridized carbons (Fsp3) is 0.600. The summed E-state index contributed by atoms with van der Waals surface area (Å²) in [6, 6.07) is 0. The summed E-state index contributed by atoms with van der Waals surface area (Å²) in [6.45, 7) is 1.13. The van der Waals surface area contributed by atoms with Gasteiger partial charge in [0.25, 0.3) is 5.56 Å². The molecule has 0 saturated carbocycles. The van der Waals surface area contributed by atoms with Crippen LogP contribution in [0.25, 0.3) is 0 Å². The van der Waals surface area contributed by atoms with Crippen molar-refractivity contribution >= 4 is 0 Å². The predicted octanol–water partition coefficient (Wildman–Crippen LogP) is -1.94. The minimum atomic E-state index is -1.23. The van der Waals surface area contributed by atoms with Gasteiger partial charge in [-0.2, -0.15) is 0 Å². The first-order valence-corrected chi connectivity index (χ1v) is 5.39. The van der Waals surface area contributed by atoms with Crippen molar-refractivity contribution in [3.05, 3.63) is 27.0 Å². The lowest BCUT2D eigenvalue weighted by atomic mass is 10.1. The number of hydrogen-bond acceptors (Lipinski definition) is 6. The van der Waals surface area contributed by atoms with Crippen LogP contribution in [0.4, 0.5) is 0 Å². The zero-order valence-corrected chi connectivity index (χ0v) is 9.66. The highest BCUT2D eigenvalue weighted by Crippen LogP contribution is 2.33. The molecule has 0 amide bonds. The van der Waals surface area contributed by atoms with E-state index < -0.39 is 34.9 Å². The van der Waals surface area contributed by atoms with Crippen molar-refractivity contribution in [1.82, 2.24) is 9.55 Å². The second kappa shape index (κ2) is 4.23. The molecule has 0 unspecified atom stereocenters. The molecule has 2 heterocycles. The number of H-pyrrole nitrogens is 1. The molecule has 4 N–H and O–H groups in total. The van der Waals surface area contributed by atoms with Gasteiger partial charge in [0, 0.05) is 6.42 Å². The molecule has 0 bridgehead atoms. The second-order valence-corrected chi connectivity index (χ2v) is 4.43. The summed E-state index contributed by atoms with van der Waals surface area (Å²) in [5.74, 6) is -0.624. The quantitative estimate of drug-likeness (QED) is 0.489. The number of rotatable bonds is 2. The summed E-state index contributed by atoms with van der Waals surface area (Å²) in [5.41, 5.74) is -2.88. The highest BCUT2D eigenvalue weighted by Gasteiger charge is 2.44. The Labute approximate surface area is 101 Å². The average Bonchev–Trinajstić information content (AvgIpc) is 2.59. The Bertz CT molecular complexity index is 564. The first-order chi connectivity index (χ1) is 8.37. The Morgan fingerprint density at radius 1 is 1.61 bits per heavy atom. The van der Waals surface area contributed by atoms with Gasteiger partial charge in [-0.1, -0.05) is 0 Å². The molecule has 1 saturated heterocycles. The van der Waals surface area contributed by atoms with Crippen LogP contribution in [0.5, 0.6) is 5.75 Å². The molecule has 0 spiro atoms. The fourth-order valence-electron chi connectivity index (χ4n) is 2.10. The molecule has 3 atom stereocenters. The Kier molecular flexibility index (Phi) is 3.01. The van der Waals surface area contributed by atoms with E-state index in [-0.39, 0.29) is 13.0 Å². The van der Waals surface area contributed by atoms with Crippen LogP contribution in [0.15, 0.2) is 15.8 Å². The molecule has 8 nitrogen and oxygen atoms in total. The number of aromatic nitrogens is 2.